The average Bonchev–Trinajstić information content (AvgIpc) is 1.94. The van der Waals surface area contributed by atoms with Gasteiger partial charge in [0.15, 0.2) is 0 Å². The van der Waals surface area contributed by atoms with E-state index >= 15 is 0 Å². The SMILES string of the molecule is CS(=O)(=O)Oc1ccc(N)c(Cl)c1. The number of nitrogens with two attached hydrogens (primary N) is 1. The molecule has 0 aliphatic rings. The summed E-state index contributed by atoms with van der Waals surface area (Å²) in [6.45, 7) is 0. The van der Waals surface area contributed by atoms with Crippen LogP contribution in [0.25, 0.3) is 0 Å². The number of hydrogen-bond acceptors (Lipinski definition) is 4. The lowest BCUT2D eigenvalue weighted by atomic mass is 10.3. The van der Waals surface area contributed by atoms with Gasteiger partial charge in [0.25, 0.3) is 0 Å². The topological polar surface area (TPSA) is 69.4 Å². The highest BCUT2D eigenvalue weighted by Gasteiger charge is 2.05. The van der Waals surface area contributed by atoms with Crippen molar-refractivity contribution < 1.29 is 12.6 Å². The largest absolute Gasteiger partial charge is 0.398 e. The number of nitrogen functional groups attached to an aromatic ring is 1. The zero-order valence-corrected chi connectivity index (χ0v) is 8.39. The van der Waals surface area contributed by atoms with Gasteiger partial charge in [-0.05, 0) is 12.1 Å². The van der Waals surface area contributed by atoms with Gasteiger partial charge in [0, 0.05) is 6.07 Å². The van der Waals surface area contributed by atoms with Gasteiger partial charge in [-0.2, -0.15) is 8.42 Å². The summed E-state index contributed by atoms with van der Waals surface area (Å²) in [5, 5.41) is 0.265. The molecule has 0 heterocycles. The molecule has 1 rings (SSSR count). The molecule has 0 saturated heterocycles. The molecule has 0 radical (unpaired) electrons. The molecule has 0 unspecified atom stereocenters. The Morgan fingerprint density at radius 2 is 2.08 bits per heavy atom. The zero-order valence-electron chi connectivity index (χ0n) is 6.82. The van der Waals surface area contributed by atoms with Crippen molar-refractivity contribution in [3.05, 3.63) is 23.2 Å². The summed E-state index contributed by atoms with van der Waals surface area (Å²) in [5.41, 5.74) is 5.79. The Hall–Kier alpha value is -0.940. The van der Waals surface area contributed by atoms with Crippen LogP contribution in [0.2, 0.25) is 5.02 Å². The highest BCUT2D eigenvalue weighted by molar-refractivity contribution is 7.86. The lowest BCUT2D eigenvalue weighted by molar-refractivity contribution is 0.493. The number of benzene rings is 1. The molecular weight excluding hydrogens is 214 g/mol. The third-order valence-corrected chi connectivity index (χ3v) is 2.04. The van der Waals surface area contributed by atoms with Crippen LogP contribution < -0.4 is 9.92 Å². The number of anilines is 1. The van der Waals surface area contributed by atoms with E-state index in [1.165, 1.54) is 18.2 Å². The summed E-state index contributed by atoms with van der Waals surface area (Å²) in [7, 11) is -3.51. The monoisotopic (exact) mass is 221 g/mol. The predicted octanol–water partition coefficient (Wildman–Crippen LogP) is 1.26. The first-order valence-corrected chi connectivity index (χ1v) is 5.52. The third-order valence-electron chi connectivity index (χ3n) is 1.22. The maximum atomic E-state index is 10.7. The third kappa shape index (κ3) is 3.12. The van der Waals surface area contributed by atoms with E-state index in [-0.39, 0.29) is 10.8 Å². The average molecular weight is 222 g/mol. The molecule has 13 heavy (non-hydrogen) atoms. The predicted molar refractivity (Wildman–Crippen MR) is 51.3 cm³/mol. The molecule has 0 aliphatic carbocycles. The van der Waals surface area contributed by atoms with Gasteiger partial charge in [-0.25, -0.2) is 0 Å². The van der Waals surface area contributed by atoms with E-state index in [0.717, 1.165) is 6.26 Å². The van der Waals surface area contributed by atoms with Crippen LogP contribution in [-0.4, -0.2) is 14.7 Å². The Bertz CT molecular complexity index is 416. The summed E-state index contributed by atoms with van der Waals surface area (Å²) < 4.78 is 26.0. The smallest absolute Gasteiger partial charge is 0.306 e. The van der Waals surface area contributed by atoms with E-state index in [2.05, 4.69) is 4.18 Å². The number of hydrogen-bond donors (Lipinski definition) is 1. The minimum absolute atomic E-state index is 0.154. The van der Waals surface area contributed by atoms with Crippen LogP contribution in [0.4, 0.5) is 5.69 Å². The minimum atomic E-state index is -3.51. The van der Waals surface area contributed by atoms with Gasteiger partial charge in [-0.15, -0.1) is 0 Å². The Labute approximate surface area is 81.4 Å². The molecule has 0 bridgehead atoms. The van der Waals surface area contributed by atoms with Crippen LogP contribution in [0.15, 0.2) is 18.2 Å². The maximum absolute atomic E-state index is 10.7. The van der Waals surface area contributed by atoms with Gasteiger partial charge in [0.05, 0.1) is 17.0 Å². The van der Waals surface area contributed by atoms with Crippen LogP contribution in [-0.2, 0) is 10.1 Å². The molecule has 0 atom stereocenters. The summed E-state index contributed by atoms with van der Waals surface area (Å²) in [6.07, 6.45) is 0.956. The summed E-state index contributed by atoms with van der Waals surface area (Å²) in [4.78, 5) is 0. The van der Waals surface area contributed by atoms with Gasteiger partial charge >= 0.3 is 10.1 Å². The molecule has 72 valence electrons. The van der Waals surface area contributed by atoms with Crippen molar-refractivity contribution in [1.29, 1.82) is 0 Å². The first-order valence-electron chi connectivity index (χ1n) is 3.33. The van der Waals surface area contributed by atoms with Crippen molar-refractivity contribution in [3.8, 4) is 5.75 Å². The second-order valence-electron chi connectivity index (χ2n) is 2.47. The Balaban J connectivity index is 2.99. The highest BCUT2D eigenvalue weighted by Crippen LogP contribution is 2.24. The molecule has 0 saturated carbocycles. The number of halogens is 1. The van der Waals surface area contributed by atoms with E-state index in [1.807, 2.05) is 0 Å². The lowest BCUT2D eigenvalue weighted by Crippen LogP contribution is -2.05. The standard InChI is InChI=1S/C7H8ClNO3S/c1-13(10,11)12-5-2-3-7(9)6(8)4-5/h2-4H,9H2,1H3. The second kappa shape index (κ2) is 3.43. The molecule has 4 nitrogen and oxygen atoms in total. The van der Waals surface area contributed by atoms with Gasteiger partial charge in [0.1, 0.15) is 5.75 Å². The van der Waals surface area contributed by atoms with Gasteiger partial charge in [0.2, 0.25) is 0 Å². The molecule has 0 spiro atoms. The zero-order chi connectivity index (χ0) is 10.1. The van der Waals surface area contributed by atoms with Crippen molar-refractivity contribution in [2.24, 2.45) is 0 Å². The van der Waals surface area contributed by atoms with Crippen LogP contribution >= 0.6 is 11.6 Å². The van der Waals surface area contributed by atoms with Crippen molar-refractivity contribution in [3.63, 3.8) is 0 Å². The minimum Gasteiger partial charge on any atom is -0.398 e. The van der Waals surface area contributed by atoms with Gasteiger partial charge in [-0.1, -0.05) is 11.6 Å². The molecule has 0 amide bonds. The number of rotatable bonds is 2. The van der Waals surface area contributed by atoms with Crippen molar-refractivity contribution in [2.45, 2.75) is 0 Å². The normalized spacial score (nSPS) is 11.2. The fraction of sp³-hybridized carbons (Fsp3) is 0.143. The molecular formula is C7H8ClNO3S. The van der Waals surface area contributed by atoms with E-state index in [1.54, 1.807) is 0 Å². The molecule has 0 fully saturated rings. The van der Waals surface area contributed by atoms with Crippen LogP contribution in [0.1, 0.15) is 0 Å². The van der Waals surface area contributed by atoms with Crippen LogP contribution in [0.3, 0.4) is 0 Å². The summed E-state index contributed by atoms with van der Waals surface area (Å²) >= 11 is 5.64. The first kappa shape index (κ1) is 10.1. The van der Waals surface area contributed by atoms with Crippen molar-refractivity contribution in [2.75, 3.05) is 12.0 Å². The van der Waals surface area contributed by atoms with E-state index in [0.29, 0.717) is 5.69 Å². The maximum Gasteiger partial charge on any atom is 0.306 e. The Morgan fingerprint density at radius 3 is 2.54 bits per heavy atom. The molecule has 0 aromatic heterocycles. The highest BCUT2D eigenvalue weighted by atomic mass is 35.5. The van der Waals surface area contributed by atoms with Crippen LogP contribution in [0, 0.1) is 0 Å². The van der Waals surface area contributed by atoms with E-state index in [4.69, 9.17) is 17.3 Å². The van der Waals surface area contributed by atoms with Gasteiger partial charge < -0.3 is 9.92 Å². The molecule has 1 aromatic rings. The molecule has 1 aromatic carbocycles. The summed E-state index contributed by atoms with van der Waals surface area (Å²) in [6, 6.07) is 4.25. The second-order valence-corrected chi connectivity index (χ2v) is 4.45. The Morgan fingerprint density at radius 1 is 1.46 bits per heavy atom. The molecule has 0 aliphatic heterocycles. The fourth-order valence-electron chi connectivity index (χ4n) is 0.734. The van der Waals surface area contributed by atoms with Crippen molar-refractivity contribution >= 4 is 27.4 Å². The quantitative estimate of drug-likeness (QED) is 0.603. The molecule has 6 heteroatoms. The van der Waals surface area contributed by atoms with E-state index in [9.17, 15) is 8.42 Å². The lowest BCUT2D eigenvalue weighted by Gasteiger charge is -2.03. The van der Waals surface area contributed by atoms with Crippen LogP contribution in [0.5, 0.6) is 5.75 Å². The van der Waals surface area contributed by atoms with Crippen molar-refractivity contribution in [1.82, 2.24) is 0 Å². The Kier molecular flexibility index (Phi) is 2.68. The molecule has 2 N–H and O–H groups in total. The fourth-order valence-corrected chi connectivity index (χ4v) is 1.36. The van der Waals surface area contributed by atoms with Gasteiger partial charge in [-0.3, -0.25) is 0 Å². The van der Waals surface area contributed by atoms with E-state index < -0.39 is 10.1 Å². The first-order chi connectivity index (χ1) is 5.88. The summed E-state index contributed by atoms with van der Waals surface area (Å²) in [5.74, 6) is 0.154.